The SMILES string of the molecule is CC1=C(CCOc2cc(C)cc(O)c2)C=CC(N)C1=NO. The van der Waals surface area contributed by atoms with Gasteiger partial charge in [-0.2, -0.15) is 0 Å². The number of phenolic OH excluding ortho intramolecular Hbond substituents is 1. The Morgan fingerprint density at radius 2 is 2.05 bits per heavy atom. The van der Waals surface area contributed by atoms with Crippen molar-refractivity contribution in [3.63, 3.8) is 0 Å². The van der Waals surface area contributed by atoms with Gasteiger partial charge in [0, 0.05) is 12.5 Å². The molecule has 2 rings (SSSR count). The second-order valence-electron chi connectivity index (χ2n) is 5.12. The third-order valence-corrected chi connectivity index (χ3v) is 3.47. The molecule has 0 saturated carbocycles. The minimum Gasteiger partial charge on any atom is -0.508 e. The fourth-order valence-corrected chi connectivity index (χ4v) is 2.35. The van der Waals surface area contributed by atoms with Crippen LogP contribution in [0.25, 0.3) is 0 Å². The number of aromatic hydroxyl groups is 1. The Kier molecular flexibility index (Phi) is 4.65. The van der Waals surface area contributed by atoms with Gasteiger partial charge in [-0.15, -0.1) is 0 Å². The average molecular weight is 288 g/mol. The molecule has 1 aromatic rings. The van der Waals surface area contributed by atoms with E-state index in [1.807, 2.05) is 26.0 Å². The van der Waals surface area contributed by atoms with E-state index in [-0.39, 0.29) is 11.8 Å². The molecule has 1 aromatic carbocycles. The lowest BCUT2D eigenvalue weighted by Crippen LogP contribution is -2.32. The number of allylic oxidation sites excluding steroid dienone is 1. The van der Waals surface area contributed by atoms with Gasteiger partial charge in [0.05, 0.1) is 12.6 Å². The summed E-state index contributed by atoms with van der Waals surface area (Å²) in [5, 5.41) is 21.8. The lowest BCUT2D eigenvalue weighted by Gasteiger charge is -2.19. The molecule has 0 spiro atoms. The maximum absolute atomic E-state index is 9.52. The average Bonchev–Trinajstić information content (AvgIpc) is 2.41. The van der Waals surface area contributed by atoms with Crippen LogP contribution in [0.5, 0.6) is 11.5 Å². The molecule has 112 valence electrons. The first-order chi connectivity index (χ1) is 10.0. The van der Waals surface area contributed by atoms with Crippen molar-refractivity contribution in [2.24, 2.45) is 10.9 Å². The predicted octanol–water partition coefficient (Wildman–Crippen LogP) is 2.51. The third-order valence-electron chi connectivity index (χ3n) is 3.47. The van der Waals surface area contributed by atoms with Crippen LogP contribution in [-0.4, -0.2) is 28.7 Å². The van der Waals surface area contributed by atoms with E-state index in [1.165, 1.54) is 0 Å². The summed E-state index contributed by atoms with van der Waals surface area (Å²) < 4.78 is 5.65. The second-order valence-corrected chi connectivity index (χ2v) is 5.12. The molecule has 4 N–H and O–H groups in total. The monoisotopic (exact) mass is 288 g/mol. The van der Waals surface area contributed by atoms with Gasteiger partial charge in [-0.05, 0) is 42.7 Å². The Bertz CT molecular complexity index is 598. The van der Waals surface area contributed by atoms with Crippen LogP contribution in [0.3, 0.4) is 0 Å². The summed E-state index contributed by atoms with van der Waals surface area (Å²) in [6, 6.07) is 4.76. The van der Waals surface area contributed by atoms with Crippen molar-refractivity contribution in [2.75, 3.05) is 6.61 Å². The van der Waals surface area contributed by atoms with Crippen LogP contribution in [0.1, 0.15) is 18.9 Å². The Hall–Kier alpha value is -2.27. The fraction of sp³-hybridized carbons (Fsp3) is 0.312. The van der Waals surface area contributed by atoms with Crippen LogP contribution in [0.2, 0.25) is 0 Å². The first kappa shape index (κ1) is 15.1. The molecule has 5 heteroatoms. The molecule has 0 amide bonds. The van der Waals surface area contributed by atoms with E-state index in [0.717, 1.165) is 16.7 Å². The molecule has 0 saturated heterocycles. The third kappa shape index (κ3) is 3.64. The van der Waals surface area contributed by atoms with Gasteiger partial charge in [-0.25, -0.2) is 0 Å². The summed E-state index contributed by atoms with van der Waals surface area (Å²) in [4.78, 5) is 0. The normalized spacial score (nSPS) is 20.1. The maximum atomic E-state index is 9.52. The second kappa shape index (κ2) is 6.45. The molecule has 0 heterocycles. The Balaban J connectivity index is 2.00. The first-order valence-electron chi connectivity index (χ1n) is 6.80. The van der Waals surface area contributed by atoms with Crippen molar-refractivity contribution in [1.82, 2.24) is 0 Å². The molecule has 0 radical (unpaired) electrons. The first-order valence-corrected chi connectivity index (χ1v) is 6.80. The Morgan fingerprint density at radius 1 is 1.29 bits per heavy atom. The van der Waals surface area contributed by atoms with E-state index in [4.69, 9.17) is 15.7 Å². The van der Waals surface area contributed by atoms with E-state index in [0.29, 0.717) is 24.5 Å². The van der Waals surface area contributed by atoms with Gasteiger partial charge in [0.1, 0.15) is 17.2 Å². The van der Waals surface area contributed by atoms with Crippen LogP contribution >= 0.6 is 0 Å². The molecule has 1 unspecified atom stereocenters. The molecule has 1 atom stereocenters. The molecule has 1 aliphatic carbocycles. The summed E-state index contributed by atoms with van der Waals surface area (Å²) in [6.07, 6.45) is 4.41. The van der Waals surface area contributed by atoms with E-state index in [1.54, 1.807) is 18.2 Å². The highest BCUT2D eigenvalue weighted by atomic mass is 16.5. The minimum atomic E-state index is -0.367. The standard InChI is InChI=1S/C16H20N2O3/c1-10-7-13(19)9-14(8-10)21-6-5-12-3-4-15(17)16(18-20)11(12)2/h3-4,7-9,15,19-20H,5-6,17H2,1-2H3. The summed E-state index contributed by atoms with van der Waals surface area (Å²) in [7, 11) is 0. The maximum Gasteiger partial charge on any atom is 0.123 e. The number of nitrogens with zero attached hydrogens (tertiary/aromatic N) is 1. The number of ether oxygens (including phenoxy) is 1. The van der Waals surface area contributed by atoms with Crippen molar-refractivity contribution in [1.29, 1.82) is 0 Å². The van der Waals surface area contributed by atoms with Gasteiger partial charge < -0.3 is 20.8 Å². The van der Waals surface area contributed by atoms with Crippen molar-refractivity contribution in [2.45, 2.75) is 26.3 Å². The predicted molar refractivity (Wildman–Crippen MR) is 82.0 cm³/mol. The number of hydrogen-bond donors (Lipinski definition) is 3. The van der Waals surface area contributed by atoms with Crippen LogP contribution < -0.4 is 10.5 Å². The zero-order chi connectivity index (χ0) is 15.4. The van der Waals surface area contributed by atoms with Gasteiger partial charge in [0.2, 0.25) is 0 Å². The van der Waals surface area contributed by atoms with Crippen molar-refractivity contribution in [3.8, 4) is 11.5 Å². The number of hydrogen-bond acceptors (Lipinski definition) is 5. The van der Waals surface area contributed by atoms with Crippen molar-refractivity contribution >= 4 is 5.71 Å². The smallest absolute Gasteiger partial charge is 0.123 e. The zero-order valence-electron chi connectivity index (χ0n) is 12.2. The van der Waals surface area contributed by atoms with Crippen LogP contribution in [-0.2, 0) is 0 Å². The van der Waals surface area contributed by atoms with E-state index >= 15 is 0 Å². The van der Waals surface area contributed by atoms with Crippen LogP contribution in [0, 0.1) is 6.92 Å². The molecule has 0 bridgehead atoms. The number of nitrogens with two attached hydrogens (primary N) is 1. The highest BCUT2D eigenvalue weighted by molar-refractivity contribution is 6.06. The van der Waals surface area contributed by atoms with Gasteiger partial charge in [0.25, 0.3) is 0 Å². The molecule has 5 nitrogen and oxygen atoms in total. The zero-order valence-corrected chi connectivity index (χ0v) is 12.2. The summed E-state index contributed by atoms with van der Waals surface area (Å²) >= 11 is 0. The Labute approximate surface area is 124 Å². The number of oxime groups is 1. The van der Waals surface area contributed by atoms with Gasteiger partial charge in [-0.3, -0.25) is 0 Å². The molecule has 0 aromatic heterocycles. The molecule has 0 fully saturated rings. The van der Waals surface area contributed by atoms with E-state index in [2.05, 4.69) is 5.16 Å². The van der Waals surface area contributed by atoms with Crippen LogP contribution in [0.4, 0.5) is 0 Å². The summed E-state index contributed by atoms with van der Waals surface area (Å²) in [6.45, 7) is 4.24. The van der Waals surface area contributed by atoms with Gasteiger partial charge in [0.15, 0.2) is 0 Å². The highest BCUT2D eigenvalue weighted by Gasteiger charge is 2.18. The minimum absolute atomic E-state index is 0.193. The Morgan fingerprint density at radius 3 is 2.71 bits per heavy atom. The number of benzene rings is 1. The highest BCUT2D eigenvalue weighted by Crippen LogP contribution is 2.23. The van der Waals surface area contributed by atoms with Crippen molar-refractivity contribution in [3.05, 3.63) is 47.1 Å². The van der Waals surface area contributed by atoms with Gasteiger partial charge in [-0.1, -0.05) is 17.3 Å². The number of phenols is 1. The van der Waals surface area contributed by atoms with E-state index in [9.17, 15) is 5.11 Å². The van der Waals surface area contributed by atoms with Crippen LogP contribution in [0.15, 0.2) is 46.7 Å². The molecule has 21 heavy (non-hydrogen) atoms. The molecular weight excluding hydrogens is 268 g/mol. The lowest BCUT2D eigenvalue weighted by molar-refractivity contribution is 0.316. The number of rotatable bonds is 4. The molecular formula is C16H20N2O3. The topological polar surface area (TPSA) is 88.1 Å². The van der Waals surface area contributed by atoms with Crippen molar-refractivity contribution < 1.29 is 15.1 Å². The van der Waals surface area contributed by atoms with E-state index < -0.39 is 0 Å². The molecule has 1 aliphatic rings. The fourth-order valence-electron chi connectivity index (χ4n) is 2.35. The summed E-state index contributed by atoms with van der Waals surface area (Å²) in [5.41, 5.74) is 9.16. The largest absolute Gasteiger partial charge is 0.508 e. The molecule has 0 aliphatic heterocycles. The lowest BCUT2D eigenvalue weighted by atomic mass is 9.92. The quantitative estimate of drug-likeness (QED) is 0.587. The van der Waals surface area contributed by atoms with Gasteiger partial charge >= 0.3 is 0 Å². The summed E-state index contributed by atoms with van der Waals surface area (Å²) in [5.74, 6) is 0.830. The number of aryl methyl sites for hydroxylation is 1.